The lowest BCUT2D eigenvalue weighted by Crippen LogP contribution is -2.65. The number of Topliss-reactive ketones (excluding diaryl/α,β-unsaturated/α-hetero) is 1. The number of hydrogen-bond acceptors (Lipinski definition) is 4. The highest BCUT2D eigenvalue weighted by atomic mass is 79.9. The molecule has 0 aromatic heterocycles. The summed E-state index contributed by atoms with van der Waals surface area (Å²) in [5.41, 5.74) is 2.47. The van der Waals surface area contributed by atoms with Crippen LogP contribution < -0.4 is 9.47 Å². The minimum atomic E-state index is -0.310. The molecule has 1 spiro atoms. The number of carbonyl (C=O) groups is 1. The van der Waals surface area contributed by atoms with Crippen molar-refractivity contribution in [3.63, 3.8) is 0 Å². The van der Waals surface area contributed by atoms with Gasteiger partial charge in [-0.1, -0.05) is 15.9 Å². The van der Waals surface area contributed by atoms with Gasteiger partial charge in [-0.05, 0) is 50.4 Å². The van der Waals surface area contributed by atoms with Crippen LogP contribution in [0, 0.1) is 5.92 Å². The molecule has 4 nitrogen and oxygen atoms in total. The number of benzene rings is 1. The van der Waals surface area contributed by atoms with Gasteiger partial charge in [0.25, 0.3) is 0 Å². The number of carbonyl (C=O) groups excluding carboxylic acids is 1. The third-order valence-corrected chi connectivity index (χ3v) is 7.37. The van der Waals surface area contributed by atoms with Crippen LogP contribution >= 0.6 is 15.9 Å². The van der Waals surface area contributed by atoms with Crippen LogP contribution in [0.4, 0.5) is 0 Å². The summed E-state index contributed by atoms with van der Waals surface area (Å²) < 4.78 is 13.0. The zero-order valence-electron chi connectivity index (χ0n) is 13.4. The van der Waals surface area contributed by atoms with Gasteiger partial charge in [0, 0.05) is 27.9 Å². The summed E-state index contributed by atoms with van der Waals surface area (Å²) in [5, 5.41) is 0. The van der Waals surface area contributed by atoms with Crippen LogP contribution in [0.3, 0.4) is 0 Å². The van der Waals surface area contributed by atoms with Gasteiger partial charge < -0.3 is 14.4 Å². The van der Waals surface area contributed by atoms with Crippen molar-refractivity contribution < 1.29 is 14.3 Å². The van der Waals surface area contributed by atoms with Gasteiger partial charge in [0.2, 0.25) is 0 Å². The van der Waals surface area contributed by atoms with Crippen LogP contribution in [0.5, 0.6) is 11.5 Å². The predicted octanol–water partition coefficient (Wildman–Crippen LogP) is 2.70. The number of likely N-dealkylation sites (tertiary alicyclic amines) is 1. The zero-order valence-corrected chi connectivity index (χ0v) is 15.0. The summed E-state index contributed by atoms with van der Waals surface area (Å²) in [5.74, 6) is 2.37. The molecule has 0 N–H and O–H groups in total. The summed E-state index contributed by atoms with van der Waals surface area (Å²) in [7, 11) is 3.90. The monoisotopic (exact) mass is 377 g/mol. The molecule has 5 rings (SSSR count). The SMILES string of the molecule is COc1cc(Br)c2c3c1O[C@@H]1C(=O)CC[C@@H]4[C@H](C2)N(C)CC[C@]314. The molecule has 122 valence electrons. The summed E-state index contributed by atoms with van der Waals surface area (Å²) in [4.78, 5) is 15.2. The summed E-state index contributed by atoms with van der Waals surface area (Å²) >= 11 is 3.74. The number of nitrogens with zero attached hydrogens (tertiary/aromatic N) is 1. The molecule has 5 heteroatoms. The average molecular weight is 378 g/mol. The molecule has 1 aromatic carbocycles. The lowest BCUT2D eigenvalue weighted by atomic mass is 9.52. The number of halogens is 1. The molecule has 2 bridgehead atoms. The number of piperidine rings is 1. The van der Waals surface area contributed by atoms with Crippen LogP contribution in [-0.4, -0.2) is 43.5 Å². The molecule has 4 aliphatic rings. The van der Waals surface area contributed by atoms with Gasteiger partial charge in [-0.3, -0.25) is 4.79 Å². The molecule has 4 atom stereocenters. The van der Waals surface area contributed by atoms with E-state index in [1.54, 1.807) is 7.11 Å². The van der Waals surface area contributed by atoms with Crippen LogP contribution in [0.2, 0.25) is 0 Å². The van der Waals surface area contributed by atoms with E-state index in [0.29, 0.717) is 18.4 Å². The molecular formula is C18H20BrNO3. The predicted molar refractivity (Wildman–Crippen MR) is 89.3 cm³/mol. The molecular weight excluding hydrogens is 358 g/mol. The second-order valence-electron chi connectivity index (χ2n) is 7.40. The van der Waals surface area contributed by atoms with E-state index in [9.17, 15) is 4.79 Å². The first-order valence-corrected chi connectivity index (χ1v) is 9.16. The molecule has 1 saturated heterocycles. The van der Waals surface area contributed by atoms with Crippen molar-refractivity contribution in [2.24, 2.45) is 5.92 Å². The van der Waals surface area contributed by atoms with Crippen molar-refractivity contribution in [3.8, 4) is 11.5 Å². The Bertz CT molecular complexity index is 733. The smallest absolute Gasteiger partial charge is 0.174 e. The van der Waals surface area contributed by atoms with Gasteiger partial charge in [-0.2, -0.15) is 0 Å². The Hall–Kier alpha value is -1.07. The molecule has 2 aliphatic carbocycles. The van der Waals surface area contributed by atoms with E-state index >= 15 is 0 Å². The number of likely N-dealkylation sites (N-methyl/N-ethyl adjacent to an activating group) is 1. The van der Waals surface area contributed by atoms with E-state index in [4.69, 9.17) is 9.47 Å². The van der Waals surface area contributed by atoms with Crippen LogP contribution in [-0.2, 0) is 16.6 Å². The Morgan fingerprint density at radius 1 is 1.48 bits per heavy atom. The maximum Gasteiger partial charge on any atom is 0.174 e. The fourth-order valence-electron chi connectivity index (χ4n) is 5.70. The van der Waals surface area contributed by atoms with Gasteiger partial charge in [-0.15, -0.1) is 0 Å². The van der Waals surface area contributed by atoms with Gasteiger partial charge in [0.05, 0.1) is 7.11 Å². The van der Waals surface area contributed by atoms with Crippen molar-refractivity contribution in [1.82, 2.24) is 4.90 Å². The van der Waals surface area contributed by atoms with Crippen molar-refractivity contribution in [2.45, 2.75) is 43.2 Å². The summed E-state index contributed by atoms with van der Waals surface area (Å²) in [6, 6.07) is 2.51. The van der Waals surface area contributed by atoms with E-state index in [-0.39, 0.29) is 17.3 Å². The molecule has 1 saturated carbocycles. The number of ether oxygens (including phenoxy) is 2. The highest BCUT2D eigenvalue weighted by Gasteiger charge is 2.65. The first kappa shape index (κ1) is 14.3. The van der Waals surface area contributed by atoms with Crippen LogP contribution in [0.1, 0.15) is 30.4 Å². The second kappa shape index (κ2) is 4.51. The Morgan fingerprint density at radius 2 is 2.30 bits per heavy atom. The fourth-order valence-corrected chi connectivity index (χ4v) is 6.27. The largest absolute Gasteiger partial charge is 0.493 e. The topological polar surface area (TPSA) is 38.8 Å². The minimum Gasteiger partial charge on any atom is -0.493 e. The van der Waals surface area contributed by atoms with Gasteiger partial charge in [-0.25, -0.2) is 0 Å². The Balaban J connectivity index is 1.84. The maximum atomic E-state index is 12.7. The third kappa shape index (κ3) is 1.53. The lowest BCUT2D eigenvalue weighted by Gasteiger charge is -2.57. The highest BCUT2D eigenvalue weighted by molar-refractivity contribution is 9.10. The molecule has 2 heterocycles. The Kier molecular flexibility index (Phi) is 2.80. The van der Waals surface area contributed by atoms with Crippen molar-refractivity contribution in [3.05, 3.63) is 21.7 Å². The second-order valence-corrected chi connectivity index (χ2v) is 8.25. The standard InChI is InChI=1S/C18H20BrNO3/c1-20-6-5-18-10-3-4-13(21)17(18)23-16-14(22-2)8-11(19)9(15(16)18)7-12(10)20/h8,10,12,17H,3-7H2,1-2H3/t10-,12+,17-,18+/m1/s1. The molecule has 0 amide bonds. The van der Waals surface area contributed by atoms with E-state index in [0.717, 1.165) is 41.8 Å². The normalized spacial score (nSPS) is 37.3. The zero-order chi connectivity index (χ0) is 15.9. The quantitative estimate of drug-likeness (QED) is 0.754. The van der Waals surface area contributed by atoms with Gasteiger partial charge >= 0.3 is 0 Å². The Labute approximate surface area is 144 Å². The number of hydrogen-bond donors (Lipinski definition) is 0. The summed E-state index contributed by atoms with van der Waals surface area (Å²) in [6.45, 7) is 1.03. The Morgan fingerprint density at radius 3 is 3.09 bits per heavy atom. The van der Waals surface area contributed by atoms with Crippen molar-refractivity contribution in [1.29, 1.82) is 0 Å². The van der Waals surface area contributed by atoms with E-state index < -0.39 is 0 Å². The summed E-state index contributed by atoms with van der Waals surface area (Å²) in [6.07, 6.45) is 3.35. The number of rotatable bonds is 1. The average Bonchev–Trinajstić information content (AvgIpc) is 2.89. The number of ketones is 1. The molecule has 1 aromatic rings. The maximum absolute atomic E-state index is 12.7. The van der Waals surface area contributed by atoms with Crippen LogP contribution in [0.25, 0.3) is 0 Å². The van der Waals surface area contributed by atoms with E-state index in [1.165, 1.54) is 11.1 Å². The third-order valence-electron chi connectivity index (χ3n) is 6.67. The minimum absolute atomic E-state index is 0.132. The van der Waals surface area contributed by atoms with Gasteiger partial charge in [0.1, 0.15) is 0 Å². The first-order chi connectivity index (χ1) is 11.1. The molecule has 0 radical (unpaired) electrons. The van der Waals surface area contributed by atoms with E-state index in [2.05, 4.69) is 27.9 Å². The van der Waals surface area contributed by atoms with Gasteiger partial charge in [0.15, 0.2) is 23.4 Å². The fraction of sp³-hybridized carbons (Fsp3) is 0.611. The molecule has 2 fully saturated rings. The molecule has 0 unspecified atom stereocenters. The number of methoxy groups -OCH3 is 1. The van der Waals surface area contributed by atoms with Crippen molar-refractivity contribution in [2.75, 3.05) is 20.7 Å². The molecule has 23 heavy (non-hydrogen) atoms. The van der Waals surface area contributed by atoms with E-state index in [1.807, 2.05) is 6.07 Å². The lowest BCUT2D eigenvalue weighted by molar-refractivity contribution is -0.138. The van der Waals surface area contributed by atoms with Crippen LogP contribution in [0.15, 0.2) is 10.5 Å². The highest BCUT2D eigenvalue weighted by Crippen LogP contribution is 2.64. The molecule has 2 aliphatic heterocycles. The first-order valence-electron chi connectivity index (χ1n) is 8.37. The van der Waals surface area contributed by atoms with Crippen molar-refractivity contribution >= 4 is 21.7 Å².